The summed E-state index contributed by atoms with van der Waals surface area (Å²) >= 11 is 3.33. The fourth-order valence-electron chi connectivity index (χ4n) is 2.44. The van der Waals surface area contributed by atoms with Gasteiger partial charge in [-0.25, -0.2) is 0 Å². The van der Waals surface area contributed by atoms with Crippen LogP contribution in [-0.2, 0) is 6.42 Å². The van der Waals surface area contributed by atoms with Crippen molar-refractivity contribution in [3.63, 3.8) is 0 Å². The van der Waals surface area contributed by atoms with Gasteiger partial charge in [0.25, 0.3) is 5.91 Å². The summed E-state index contributed by atoms with van der Waals surface area (Å²) in [7, 11) is 0. The zero-order chi connectivity index (χ0) is 13.4. The van der Waals surface area contributed by atoms with Crippen LogP contribution in [0.4, 0.5) is 0 Å². The van der Waals surface area contributed by atoms with Gasteiger partial charge in [0.2, 0.25) is 0 Å². The van der Waals surface area contributed by atoms with E-state index in [9.17, 15) is 4.79 Å². The molecule has 0 aromatic carbocycles. The van der Waals surface area contributed by atoms with Crippen LogP contribution in [0.15, 0.2) is 16.5 Å². The number of H-pyrrole nitrogens is 1. The number of likely N-dealkylation sites (N-methyl/N-ethyl adjacent to an activating group) is 1. The Morgan fingerprint density at radius 2 is 2.42 bits per heavy atom. The van der Waals surface area contributed by atoms with Gasteiger partial charge in [-0.15, -0.1) is 23.1 Å². The van der Waals surface area contributed by atoms with Crippen molar-refractivity contribution >= 4 is 29.0 Å². The highest BCUT2D eigenvalue weighted by Crippen LogP contribution is 2.42. The average molecular weight is 293 g/mol. The van der Waals surface area contributed by atoms with Gasteiger partial charge in [-0.1, -0.05) is 0 Å². The Morgan fingerprint density at radius 1 is 1.58 bits per heavy atom. The lowest BCUT2D eigenvalue weighted by molar-refractivity contribution is 0.0746. The van der Waals surface area contributed by atoms with Crippen molar-refractivity contribution in [2.45, 2.75) is 17.6 Å². The van der Waals surface area contributed by atoms with Crippen LogP contribution in [0.1, 0.15) is 22.8 Å². The Balaban J connectivity index is 2.14. The number of aromatic nitrogens is 2. The normalized spacial score (nSPS) is 14.8. The molecule has 0 radical (unpaired) electrons. The molecular formula is C13H15N3OS2. The fraction of sp³-hybridized carbons (Fsp3) is 0.385. The lowest BCUT2D eigenvalue weighted by atomic mass is 10.0. The molecule has 19 heavy (non-hydrogen) atoms. The number of carbonyl (C=O) groups is 1. The molecular weight excluding hydrogens is 278 g/mol. The molecule has 100 valence electrons. The second-order valence-corrected chi connectivity index (χ2v) is 6.47. The third kappa shape index (κ3) is 1.99. The molecule has 2 aromatic heterocycles. The number of fused-ring (bicyclic) bond motifs is 1. The second kappa shape index (κ2) is 5.02. The number of aromatic amines is 1. The van der Waals surface area contributed by atoms with Crippen molar-refractivity contribution in [3.8, 4) is 10.6 Å². The van der Waals surface area contributed by atoms with Gasteiger partial charge in [0.1, 0.15) is 5.69 Å². The summed E-state index contributed by atoms with van der Waals surface area (Å²) < 4.78 is 1.11. The maximum atomic E-state index is 12.5. The molecule has 1 amide bonds. The molecule has 1 N–H and O–H groups in total. The number of carbonyl (C=O) groups excluding carboxylic acids is 1. The molecule has 0 fully saturated rings. The molecule has 0 bridgehead atoms. The maximum Gasteiger partial charge on any atom is 0.256 e. The molecule has 3 heterocycles. The second-order valence-electron chi connectivity index (χ2n) is 4.37. The summed E-state index contributed by atoms with van der Waals surface area (Å²) in [6, 6.07) is 1.97. The summed E-state index contributed by atoms with van der Waals surface area (Å²) in [6.45, 7) is 3.62. The topological polar surface area (TPSA) is 49.0 Å². The number of hydrogen-bond acceptors (Lipinski definition) is 4. The van der Waals surface area contributed by atoms with Gasteiger partial charge < -0.3 is 4.90 Å². The standard InChI is InChI=1S/C13H15N3OS2/c1-3-16-7-5-8-10(12(16)17)13(18-2)19-11(8)9-4-6-14-15-9/h4,6H,3,5,7H2,1-2H3,(H,14,15). The van der Waals surface area contributed by atoms with Crippen LogP contribution in [0, 0.1) is 0 Å². The van der Waals surface area contributed by atoms with Crippen LogP contribution in [0.3, 0.4) is 0 Å². The molecule has 1 aliphatic rings. The van der Waals surface area contributed by atoms with Crippen molar-refractivity contribution in [2.24, 2.45) is 0 Å². The minimum absolute atomic E-state index is 0.172. The van der Waals surface area contributed by atoms with Crippen LogP contribution < -0.4 is 0 Å². The number of rotatable bonds is 3. The quantitative estimate of drug-likeness (QED) is 0.885. The van der Waals surface area contributed by atoms with Crippen LogP contribution in [0.25, 0.3) is 10.6 Å². The molecule has 0 saturated heterocycles. The Bertz CT molecular complexity index is 604. The van der Waals surface area contributed by atoms with Gasteiger partial charge in [0.05, 0.1) is 14.6 Å². The molecule has 4 nitrogen and oxygen atoms in total. The zero-order valence-corrected chi connectivity index (χ0v) is 12.5. The summed E-state index contributed by atoms with van der Waals surface area (Å²) in [4.78, 5) is 15.6. The van der Waals surface area contributed by atoms with Gasteiger partial charge in [0, 0.05) is 19.3 Å². The number of thiophene rings is 1. The zero-order valence-electron chi connectivity index (χ0n) is 10.9. The van der Waals surface area contributed by atoms with Crippen molar-refractivity contribution in [2.75, 3.05) is 19.3 Å². The number of hydrogen-bond donors (Lipinski definition) is 1. The van der Waals surface area contributed by atoms with Crippen molar-refractivity contribution in [3.05, 3.63) is 23.4 Å². The third-order valence-corrected chi connectivity index (χ3v) is 5.78. The van der Waals surface area contributed by atoms with E-state index in [0.717, 1.165) is 39.9 Å². The van der Waals surface area contributed by atoms with E-state index in [4.69, 9.17) is 0 Å². The fourth-order valence-corrected chi connectivity index (χ4v) is 4.48. The van der Waals surface area contributed by atoms with Crippen LogP contribution in [0.5, 0.6) is 0 Å². The largest absolute Gasteiger partial charge is 0.339 e. The first kappa shape index (κ1) is 12.7. The lowest BCUT2D eigenvalue weighted by Crippen LogP contribution is -2.37. The van der Waals surface area contributed by atoms with Crippen molar-refractivity contribution in [1.82, 2.24) is 15.1 Å². The Kier molecular flexibility index (Phi) is 3.36. The average Bonchev–Trinajstić information content (AvgIpc) is 3.06. The molecule has 0 spiro atoms. The van der Waals surface area contributed by atoms with E-state index < -0.39 is 0 Å². The van der Waals surface area contributed by atoms with E-state index in [-0.39, 0.29) is 5.91 Å². The first-order chi connectivity index (χ1) is 9.26. The summed E-state index contributed by atoms with van der Waals surface area (Å²) in [5.74, 6) is 0.172. The molecule has 0 atom stereocenters. The molecule has 0 saturated carbocycles. The third-order valence-electron chi connectivity index (χ3n) is 3.41. The smallest absolute Gasteiger partial charge is 0.256 e. The maximum absolute atomic E-state index is 12.5. The first-order valence-electron chi connectivity index (χ1n) is 6.25. The van der Waals surface area contributed by atoms with Crippen molar-refractivity contribution in [1.29, 1.82) is 0 Å². The number of nitrogens with zero attached hydrogens (tertiary/aromatic N) is 2. The van der Waals surface area contributed by atoms with E-state index in [0.29, 0.717) is 0 Å². The van der Waals surface area contributed by atoms with Crippen LogP contribution in [0.2, 0.25) is 0 Å². The van der Waals surface area contributed by atoms with Crippen LogP contribution in [-0.4, -0.2) is 40.3 Å². The van der Waals surface area contributed by atoms with E-state index in [1.54, 1.807) is 23.1 Å². The molecule has 0 aliphatic carbocycles. The highest BCUT2D eigenvalue weighted by atomic mass is 32.2. The highest BCUT2D eigenvalue weighted by molar-refractivity contribution is 8.00. The molecule has 3 rings (SSSR count). The van der Waals surface area contributed by atoms with Crippen LogP contribution >= 0.6 is 23.1 Å². The predicted octanol–water partition coefficient (Wildman–Crippen LogP) is 2.88. The molecule has 0 unspecified atom stereocenters. The Hall–Kier alpha value is -1.27. The van der Waals surface area contributed by atoms with Gasteiger partial charge in [-0.2, -0.15) is 5.10 Å². The minimum atomic E-state index is 0.172. The number of nitrogens with one attached hydrogen (secondary N) is 1. The number of thioether (sulfide) groups is 1. The van der Waals surface area contributed by atoms with Gasteiger partial charge >= 0.3 is 0 Å². The van der Waals surface area contributed by atoms with Gasteiger partial charge in [-0.3, -0.25) is 9.89 Å². The predicted molar refractivity (Wildman–Crippen MR) is 79.0 cm³/mol. The Labute approximate surface area is 120 Å². The summed E-state index contributed by atoms with van der Waals surface area (Å²) in [5, 5.41) is 7.11. The molecule has 6 heteroatoms. The summed E-state index contributed by atoms with van der Waals surface area (Å²) in [6.07, 6.45) is 4.77. The Morgan fingerprint density at radius 3 is 3.05 bits per heavy atom. The summed E-state index contributed by atoms with van der Waals surface area (Å²) in [5.41, 5.74) is 3.03. The van der Waals surface area contributed by atoms with Crippen molar-refractivity contribution < 1.29 is 4.79 Å². The SMILES string of the molecule is CCN1CCc2c(-c3cc[nH]n3)sc(SC)c2C1=O. The van der Waals surface area contributed by atoms with E-state index in [1.807, 2.05) is 30.3 Å². The highest BCUT2D eigenvalue weighted by Gasteiger charge is 2.31. The monoisotopic (exact) mass is 293 g/mol. The number of amides is 1. The van der Waals surface area contributed by atoms with Gasteiger partial charge in [0.15, 0.2) is 0 Å². The lowest BCUT2D eigenvalue weighted by Gasteiger charge is -2.26. The minimum Gasteiger partial charge on any atom is -0.339 e. The molecule has 2 aromatic rings. The van der Waals surface area contributed by atoms with E-state index >= 15 is 0 Å². The first-order valence-corrected chi connectivity index (χ1v) is 8.29. The van der Waals surface area contributed by atoms with E-state index in [2.05, 4.69) is 10.2 Å². The van der Waals surface area contributed by atoms with Gasteiger partial charge in [-0.05, 0) is 31.2 Å². The molecule has 1 aliphatic heterocycles. The van der Waals surface area contributed by atoms with E-state index in [1.165, 1.54) is 5.56 Å².